The van der Waals surface area contributed by atoms with Crippen molar-refractivity contribution >= 4 is 28.8 Å². The topological polar surface area (TPSA) is 57.0 Å². The van der Waals surface area contributed by atoms with Gasteiger partial charge in [-0.2, -0.15) is 0 Å². The molecule has 0 amide bonds. The highest BCUT2D eigenvalue weighted by Gasteiger charge is 2.41. The van der Waals surface area contributed by atoms with Crippen LogP contribution in [0.3, 0.4) is 0 Å². The van der Waals surface area contributed by atoms with Crippen LogP contribution in [0.2, 0.25) is 5.15 Å². The van der Waals surface area contributed by atoms with Gasteiger partial charge in [0.2, 0.25) is 5.88 Å². The van der Waals surface area contributed by atoms with Gasteiger partial charge in [-0.25, -0.2) is 9.67 Å². The largest absolute Gasteiger partial charge is 0.476 e. The van der Waals surface area contributed by atoms with Crippen LogP contribution in [-0.2, 0) is 5.54 Å². The summed E-state index contributed by atoms with van der Waals surface area (Å²) in [6, 6.07) is 32.4. The fourth-order valence-electron chi connectivity index (χ4n) is 4.76. The normalized spacial score (nSPS) is 11.5. The van der Waals surface area contributed by atoms with E-state index in [0.717, 1.165) is 29.5 Å². The highest BCUT2D eigenvalue weighted by atomic mass is 35.5. The standard InChI is InChI=1S/C30H26ClN3O2/c1-2-3-19-36-29-28-25(21-35)32-27(31)20-26(28)34(33-29)30(22-13-7-4-8-14-22,23-15-9-5-10-16-23)24-17-11-6-12-18-24/h4-18,20-21H,2-3,19H2,1H3. The average molecular weight is 496 g/mol. The predicted octanol–water partition coefficient (Wildman–Crippen LogP) is 6.92. The van der Waals surface area contributed by atoms with Crippen LogP contribution in [0.25, 0.3) is 10.9 Å². The highest BCUT2D eigenvalue weighted by molar-refractivity contribution is 6.30. The molecule has 3 aromatic carbocycles. The van der Waals surface area contributed by atoms with Gasteiger partial charge in [-0.3, -0.25) is 4.79 Å². The lowest BCUT2D eigenvalue weighted by atomic mass is 9.77. The summed E-state index contributed by atoms with van der Waals surface area (Å²) in [6.45, 7) is 2.59. The van der Waals surface area contributed by atoms with Crippen LogP contribution < -0.4 is 4.74 Å². The van der Waals surface area contributed by atoms with Crippen LogP contribution >= 0.6 is 11.6 Å². The van der Waals surface area contributed by atoms with Crippen LogP contribution in [-0.4, -0.2) is 27.7 Å². The van der Waals surface area contributed by atoms with Gasteiger partial charge in [0.15, 0.2) is 6.29 Å². The van der Waals surface area contributed by atoms with Gasteiger partial charge in [-0.05, 0) is 23.1 Å². The Labute approximate surface area is 215 Å². The van der Waals surface area contributed by atoms with Crippen molar-refractivity contribution in [2.45, 2.75) is 25.3 Å². The number of carbonyl (C=O) groups excluding carboxylic acids is 1. The van der Waals surface area contributed by atoms with E-state index in [1.54, 1.807) is 6.07 Å². The van der Waals surface area contributed by atoms with Crippen LogP contribution in [0.15, 0.2) is 97.1 Å². The number of aromatic nitrogens is 3. The van der Waals surface area contributed by atoms with Crippen molar-refractivity contribution in [3.63, 3.8) is 0 Å². The van der Waals surface area contributed by atoms with Crippen molar-refractivity contribution in [1.29, 1.82) is 0 Å². The number of benzene rings is 3. The maximum atomic E-state index is 12.1. The molecule has 36 heavy (non-hydrogen) atoms. The van der Waals surface area contributed by atoms with E-state index in [9.17, 15) is 4.79 Å². The Morgan fingerprint density at radius 2 is 1.42 bits per heavy atom. The third-order valence-electron chi connectivity index (χ3n) is 6.37. The van der Waals surface area contributed by atoms with Gasteiger partial charge in [-0.1, -0.05) is 116 Å². The summed E-state index contributed by atoms with van der Waals surface area (Å²) in [4.78, 5) is 16.4. The third-order valence-corrected chi connectivity index (χ3v) is 6.56. The van der Waals surface area contributed by atoms with E-state index in [1.807, 2.05) is 59.3 Å². The molecule has 2 heterocycles. The van der Waals surface area contributed by atoms with E-state index in [1.165, 1.54) is 0 Å². The molecule has 0 bridgehead atoms. The number of hydrogen-bond acceptors (Lipinski definition) is 4. The van der Waals surface area contributed by atoms with E-state index < -0.39 is 5.54 Å². The summed E-state index contributed by atoms with van der Waals surface area (Å²) >= 11 is 6.45. The summed E-state index contributed by atoms with van der Waals surface area (Å²) in [5.74, 6) is 0.372. The smallest absolute Gasteiger partial charge is 0.243 e. The number of halogens is 1. The zero-order valence-electron chi connectivity index (χ0n) is 20.0. The predicted molar refractivity (Wildman–Crippen MR) is 143 cm³/mol. The number of carbonyl (C=O) groups is 1. The fourth-order valence-corrected chi connectivity index (χ4v) is 4.95. The first kappa shape index (κ1) is 23.8. The summed E-state index contributed by atoms with van der Waals surface area (Å²) in [6.07, 6.45) is 2.56. The molecule has 0 unspecified atom stereocenters. The van der Waals surface area contributed by atoms with Crippen molar-refractivity contribution in [3.05, 3.63) is 125 Å². The lowest BCUT2D eigenvalue weighted by Crippen LogP contribution is -2.38. The molecule has 180 valence electrons. The van der Waals surface area contributed by atoms with E-state index in [4.69, 9.17) is 21.4 Å². The summed E-state index contributed by atoms with van der Waals surface area (Å²) in [5.41, 5.74) is 3.02. The van der Waals surface area contributed by atoms with Gasteiger partial charge in [0.05, 0.1) is 17.5 Å². The molecule has 0 fully saturated rings. The molecule has 5 rings (SSSR count). The Hall–Kier alpha value is -3.96. The molecule has 5 nitrogen and oxygen atoms in total. The van der Waals surface area contributed by atoms with Crippen molar-refractivity contribution in [2.75, 3.05) is 6.61 Å². The Morgan fingerprint density at radius 1 is 0.889 bits per heavy atom. The molecule has 0 saturated carbocycles. The van der Waals surface area contributed by atoms with E-state index in [0.29, 0.717) is 29.7 Å². The second-order valence-electron chi connectivity index (χ2n) is 8.57. The maximum absolute atomic E-state index is 12.1. The number of hydrogen-bond donors (Lipinski definition) is 0. The molecule has 0 N–H and O–H groups in total. The number of aldehydes is 1. The lowest BCUT2D eigenvalue weighted by Gasteiger charge is -2.36. The maximum Gasteiger partial charge on any atom is 0.243 e. The monoisotopic (exact) mass is 495 g/mol. The Morgan fingerprint density at radius 3 is 1.89 bits per heavy atom. The lowest BCUT2D eigenvalue weighted by molar-refractivity contribution is 0.112. The number of nitrogens with zero attached hydrogens (tertiary/aromatic N) is 3. The van der Waals surface area contributed by atoms with Gasteiger partial charge >= 0.3 is 0 Å². The van der Waals surface area contributed by atoms with Gasteiger partial charge in [-0.15, -0.1) is 5.10 Å². The van der Waals surface area contributed by atoms with Crippen molar-refractivity contribution in [1.82, 2.24) is 14.8 Å². The number of ether oxygens (including phenoxy) is 1. The SMILES string of the molecule is CCCCOc1nn(C(c2ccccc2)(c2ccccc2)c2ccccc2)c2cc(Cl)nc(C=O)c12. The molecule has 0 radical (unpaired) electrons. The van der Waals surface area contributed by atoms with Gasteiger partial charge < -0.3 is 4.74 Å². The molecular formula is C30H26ClN3O2. The molecule has 0 atom stereocenters. The first-order chi connectivity index (χ1) is 17.7. The molecule has 6 heteroatoms. The zero-order chi connectivity index (χ0) is 25.0. The first-order valence-electron chi connectivity index (χ1n) is 12.0. The molecular weight excluding hydrogens is 470 g/mol. The Kier molecular flexibility index (Phi) is 6.83. The van der Waals surface area contributed by atoms with Gasteiger partial charge in [0, 0.05) is 6.07 Å². The van der Waals surface area contributed by atoms with Crippen LogP contribution in [0, 0.1) is 0 Å². The van der Waals surface area contributed by atoms with E-state index in [2.05, 4.69) is 48.3 Å². The first-order valence-corrected chi connectivity index (χ1v) is 12.4. The summed E-state index contributed by atoms with van der Waals surface area (Å²) < 4.78 is 8.09. The number of unbranched alkanes of at least 4 members (excludes halogenated alkanes) is 1. The zero-order valence-corrected chi connectivity index (χ0v) is 20.7. The quantitative estimate of drug-likeness (QED) is 0.0963. The number of fused-ring (bicyclic) bond motifs is 1. The van der Waals surface area contributed by atoms with Crippen LogP contribution in [0.5, 0.6) is 5.88 Å². The van der Waals surface area contributed by atoms with Crippen LogP contribution in [0.1, 0.15) is 46.9 Å². The minimum Gasteiger partial charge on any atom is -0.476 e. The molecule has 2 aromatic heterocycles. The molecule has 0 saturated heterocycles. The van der Waals surface area contributed by atoms with Crippen LogP contribution in [0.4, 0.5) is 0 Å². The Bertz CT molecular complexity index is 1370. The summed E-state index contributed by atoms with van der Waals surface area (Å²) in [7, 11) is 0. The minimum absolute atomic E-state index is 0.207. The molecule has 0 aliphatic heterocycles. The average Bonchev–Trinajstić information content (AvgIpc) is 3.29. The van der Waals surface area contributed by atoms with Crippen molar-refractivity contribution in [2.24, 2.45) is 0 Å². The number of pyridine rings is 1. The molecule has 5 aromatic rings. The van der Waals surface area contributed by atoms with Gasteiger partial charge in [0.25, 0.3) is 0 Å². The third kappa shape index (κ3) is 4.06. The molecule has 0 aliphatic carbocycles. The second kappa shape index (κ2) is 10.3. The van der Waals surface area contributed by atoms with E-state index in [-0.39, 0.29) is 10.8 Å². The fraction of sp³-hybridized carbons (Fsp3) is 0.167. The highest BCUT2D eigenvalue weighted by Crippen LogP contribution is 2.44. The van der Waals surface area contributed by atoms with Gasteiger partial charge in [0.1, 0.15) is 16.4 Å². The second-order valence-corrected chi connectivity index (χ2v) is 8.96. The minimum atomic E-state index is -0.876. The molecule has 0 aliphatic rings. The van der Waals surface area contributed by atoms with Crippen molar-refractivity contribution in [3.8, 4) is 5.88 Å². The van der Waals surface area contributed by atoms with Crippen molar-refractivity contribution < 1.29 is 9.53 Å². The number of rotatable bonds is 9. The Balaban J connectivity index is 1.94. The molecule has 0 spiro atoms. The summed E-state index contributed by atoms with van der Waals surface area (Å²) in [5, 5.41) is 5.82. The van der Waals surface area contributed by atoms with E-state index >= 15 is 0 Å².